The number of rotatable bonds is 1. The van der Waals surface area contributed by atoms with Crippen LogP contribution in [0, 0.1) is 0 Å². The Hall–Kier alpha value is -0.150. The summed E-state index contributed by atoms with van der Waals surface area (Å²) >= 11 is 11.0. The zero-order chi connectivity index (χ0) is 15.5. The summed E-state index contributed by atoms with van der Waals surface area (Å²) in [5.74, 6) is 0.0193. The van der Waals surface area contributed by atoms with Crippen molar-refractivity contribution in [2.24, 2.45) is 10.7 Å². The molecule has 1 aromatic rings. The molecule has 2 N–H and O–H groups in total. The monoisotopic (exact) mass is 412 g/mol. The molecule has 0 aromatic carbocycles. The Balaban J connectivity index is 2.16. The smallest absolute Gasteiger partial charge is 0.168 e. The van der Waals surface area contributed by atoms with Crippen molar-refractivity contribution in [1.29, 1.82) is 0 Å². The molecule has 2 unspecified atom stereocenters. The second-order valence-electron chi connectivity index (χ2n) is 5.55. The quantitative estimate of drug-likeness (QED) is 0.766. The minimum Gasteiger partial charge on any atom is -0.386 e. The fourth-order valence-corrected chi connectivity index (χ4v) is 7.43. The molecule has 116 valence electrons. The first-order valence-electron chi connectivity index (χ1n) is 6.31. The summed E-state index contributed by atoms with van der Waals surface area (Å²) < 4.78 is 30.6. The van der Waals surface area contributed by atoms with Crippen molar-refractivity contribution in [2.45, 2.75) is 23.6 Å². The minimum absolute atomic E-state index is 0.0859. The van der Waals surface area contributed by atoms with Crippen LogP contribution in [0.5, 0.6) is 0 Å². The molecule has 1 saturated heterocycles. The van der Waals surface area contributed by atoms with Gasteiger partial charge in [-0.15, -0.1) is 11.3 Å². The largest absolute Gasteiger partial charge is 0.386 e. The number of halogens is 2. The Kier molecular flexibility index (Phi) is 3.69. The van der Waals surface area contributed by atoms with E-state index in [2.05, 4.69) is 20.9 Å². The fourth-order valence-electron chi connectivity index (χ4n) is 2.89. The lowest BCUT2D eigenvalue weighted by molar-refractivity contribution is 0.194. The van der Waals surface area contributed by atoms with E-state index in [1.807, 2.05) is 0 Å². The molecule has 0 bridgehead atoms. The summed E-state index contributed by atoms with van der Waals surface area (Å²) in [7, 11) is -3.48. The molecule has 21 heavy (non-hydrogen) atoms. The topological polar surface area (TPSA) is 81.8 Å². The lowest BCUT2D eigenvalue weighted by atomic mass is 10.0. The predicted octanol–water partition coefficient (Wildman–Crippen LogP) is 2.32. The van der Waals surface area contributed by atoms with E-state index >= 15 is 0 Å². The lowest BCUT2D eigenvalue weighted by Crippen LogP contribution is -2.58. The highest BCUT2D eigenvalue weighted by Gasteiger charge is 2.57. The standard InChI is InChI=1S/C12H14BrClN2O3S2/c1-11(9-7(14)4-8(13)20-9)6-21(17,18)12(10(15)16-11)2-3-19-5-12/h4H,2-3,5-6H2,1H3,(H2,15,16). The maximum atomic E-state index is 12.8. The maximum Gasteiger partial charge on any atom is 0.168 e. The van der Waals surface area contributed by atoms with Gasteiger partial charge in [0, 0.05) is 6.61 Å². The molecule has 1 aromatic heterocycles. The second-order valence-corrected chi connectivity index (χ2v) is 10.7. The van der Waals surface area contributed by atoms with Crippen molar-refractivity contribution in [1.82, 2.24) is 0 Å². The Morgan fingerprint density at radius 1 is 1.57 bits per heavy atom. The summed E-state index contributed by atoms with van der Waals surface area (Å²) in [5, 5.41) is 0.500. The summed E-state index contributed by atoms with van der Waals surface area (Å²) in [6, 6.07) is 1.74. The molecule has 0 aliphatic carbocycles. The van der Waals surface area contributed by atoms with Crippen LogP contribution < -0.4 is 5.73 Å². The number of aliphatic imine (C=N–C) groups is 1. The van der Waals surface area contributed by atoms with Gasteiger partial charge in [-0.3, -0.25) is 4.99 Å². The van der Waals surface area contributed by atoms with Gasteiger partial charge in [0.05, 0.1) is 26.0 Å². The third-order valence-corrected chi connectivity index (χ3v) is 9.00. The second kappa shape index (κ2) is 4.92. The SMILES string of the molecule is CC1(c2sc(Br)cc2Cl)CS(=O)(=O)C2(CCOC2)C(N)=N1. The number of thiophene rings is 1. The number of nitrogens with zero attached hydrogens (tertiary/aromatic N) is 1. The third-order valence-electron chi connectivity index (χ3n) is 4.03. The van der Waals surface area contributed by atoms with Gasteiger partial charge in [-0.2, -0.15) is 0 Å². The van der Waals surface area contributed by atoms with Gasteiger partial charge in [0.2, 0.25) is 0 Å². The molecule has 1 spiro atoms. The van der Waals surface area contributed by atoms with Crippen LogP contribution in [-0.2, 0) is 20.1 Å². The number of ether oxygens (including phenoxy) is 1. The molecule has 9 heteroatoms. The first kappa shape index (κ1) is 15.7. The molecular formula is C12H14BrClN2O3S2. The Labute approximate surface area is 140 Å². The van der Waals surface area contributed by atoms with Crippen LogP contribution in [0.25, 0.3) is 0 Å². The summed E-state index contributed by atoms with van der Waals surface area (Å²) in [6.07, 6.45) is 0.364. The van der Waals surface area contributed by atoms with E-state index in [0.717, 1.165) is 3.79 Å². The molecule has 3 heterocycles. The molecule has 2 aliphatic heterocycles. The molecule has 0 saturated carbocycles. The normalized spacial score (nSPS) is 35.1. The molecule has 5 nitrogen and oxygen atoms in total. The number of sulfone groups is 1. The highest BCUT2D eigenvalue weighted by molar-refractivity contribution is 9.11. The van der Waals surface area contributed by atoms with Crippen molar-refractivity contribution in [3.63, 3.8) is 0 Å². The van der Waals surface area contributed by atoms with Crippen molar-refractivity contribution in [3.05, 3.63) is 19.8 Å². The van der Waals surface area contributed by atoms with E-state index in [0.29, 0.717) is 22.9 Å². The molecule has 3 rings (SSSR count). The average Bonchev–Trinajstić information content (AvgIpc) is 2.94. The van der Waals surface area contributed by atoms with E-state index in [4.69, 9.17) is 22.1 Å². The summed E-state index contributed by atoms with van der Waals surface area (Å²) in [5.41, 5.74) is 5.11. The van der Waals surface area contributed by atoms with Gasteiger partial charge >= 0.3 is 0 Å². The Morgan fingerprint density at radius 3 is 2.76 bits per heavy atom. The van der Waals surface area contributed by atoms with Crippen LogP contribution >= 0.6 is 38.9 Å². The molecule has 0 amide bonds. The van der Waals surface area contributed by atoms with E-state index in [1.54, 1.807) is 13.0 Å². The Bertz CT molecular complexity index is 725. The van der Waals surface area contributed by atoms with Gasteiger partial charge in [0.1, 0.15) is 11.4 Å². The van der Waals surface area contributed by atoms with Gasteiger partial charge in [-0.25, -0.2) is 8.42 Å². The number of nitrogens with two attached hydrogens (primary N) is 1. The molecule has 0 radical (unpaired) electrons. The van der Waals surface area contributed by atoms with E-state index in [9.17, 15) is 8.42 Å². The van der Waals surface area contributed by atoms with Gasteiger partial charge in [0.15, 0.2) is 14.6 Å². The van der Waals surface area contributed by atoms with Gasteiger partial charge in [-0.05, 0) is 35.3 Å². The van der Waals surface area contributed by atoms with Crippen molar-refractivity contribution in [3.8, 4) is 0 Å². The molecule has 2 atom stereocenters. The predicted molar refractivity (Wildman–Crippen MR) is 88.0 cm³/mol. The van der Waals surface area contributed by atoms with E-state index in [-0.39, 0.29) is 18.2 Å². The zero-order valence-corrected chi connectivity index (χ0v) is 15.2. The van der Waals surface area contributed by atoms with Gasteiger partial charge < -0.3 is 10.5 Å². The molecule has 2 aliphatic rings. The van der Waals surface area contributed by atoms with E-state index in [1.165, 1.54) is 11.3 Å². The third kappa shape index (κ3) is 2.26. The van der Waals surface area contributed by atoms with Crippen LogP contribution in [0.2, 0.25) is 5.02 Å². The van der Waals surface area contributed by atoms with Gasteiger partial charge in [0.25, 0.3) is 0 Å². The summed E-state index contributed by atoms with van der Waals surface area (Å²) in [6.45, 7) is 2.23. The first-order valence-corrected chi connectivity index (χ1v) is 9.95. The van der Waals surface area contributed by atoms with Crippen LogP contribution in [0.3, 0.4) is 0 Å². The fraction of sp³-hybridized carbons (Fsp3) is 0.583. The van der Waals surface area contributed by atoms with Crippen LogP contribution in [-0.4, -0.2) is 38.0 Å². The Morgan fingerprint density at radius 2 is 2.29 bits per heavy atom. The average molecular weight is 414 g/mol. The van der Waals surface area contributed by atoms with Crippen molar-refractivity contribution < 1.29 is 13.2 Å². The first-order chi connectivity index (χ1) is 9.70. The zero-order valence-electron chi connectivity index (χ0n) is 11.2. The molecular weight excluding hydrogens is 400 g/mol. The van der Waals surface area contributed by atoms with Crippen LogP contribution in [0.4, 0.5) is 0 Å². The van der Waals surface area contributed by atoms with Crippen LogP contribution in [0.1, 0.15) is 18.2 Å². The van der Waals surface area contributed by atoms with Crippen molar-refractivity contribution in [2.75, 3.05) is 19.0 Å². The number of hydrogen-bond acceptors (Lipinski definition) is 6. The number of hydrogen-bond donors (Lipinski definition) is 1. The van der Waals surface area contributed by atoms with E-state index < -0.39 is 20.1 Å². The highest BCUT2D eigenvalue weighted by Crippen LogP contribution is 2.46. The highest BCUT2D eigenvalue weighted by atomic mass is 79.9. The van der Waals surface area contributed by atoms with Crippen LogP contribution in [0.15, 0.2) is 14.8 Å². The molecule has 1 fully saturated rings. The summed E-state index contributed by atoms with van der Waals surface area (Å²) in [4.78, 5) is 5.23. The van der Waals surface area contributed by atoms with Crippen molar-refractivity contribution >= 4 is 54.5 Å². The van der Waals surface area contributed by atoms with Gasteiger partial charge in [-0.1, -0.05) is 11.6 Å². The lowest BCUT2D eigenvalue weighted by Gasteiger charge is -2.38. The number of amidine groups is 1. The minimum atomic E-state index is -3.48. The maximum absolute atomic E-state index is 12.8.